The molecule has 1 aliphatic heterocycles. The molecule has 2 N–H and O–H groups in total. The van der Waals surface area contributed by atoms with E-state index < -0.39 is 15.7 Å². The standard InChI is InChI=1S/C10H22N2O3S/c1-10(2,6-9-13)11-16(14,15)12-7-4-3-5-8-12/h11,13H,3-9H2,1-2H3. The molecule has 1 aliphatic rings. The van der Waals surface area contributed by atoms with Gasteiger partial charge in [0.15, 0.2) is 0 Å². The first-order chi connectivity index (χ1) is 7.37. The highest BCUT2D eigenvalue weighted by Crippen LogP contribution is 2.16. The van der Waals surface area contributed by atoms with Gasteiger partial charge < -0.3 is 5.11 Å². The summed E-state index contributed by atoms with van der Waals surface area (Å²) in [6.07, 6.45) is 3.38. The number of nitrogens with zero attached hydrogens (tertiary/aromatic N) is 1. The van der Waals surface area contributed by atoms with Crippen LogP contribution in [0.2, 0.25) is 0 Å². The molecule has 0 unspecified atom stereocenters. The number of aliphatic hydroxyl groups excluding tert-OH is 1. The number of hydrogen-bond acceptors (Lipinski definition) is 3. The van der Waals surface area contributed by atoms with Gasteiger partial charge >= 0.3 is 0 Å². The van der Waals surface area contributed by atoms with Crippen LogP contribution in [0.15, 0.2) is 0 Å². The predicted octanol–water partition coefficient (Wildman–Crippen LogP) is 0.468. The largest absolute Gasteiger partial charge is 0.396 e. The van der Waals surface area contributed by atoms with E-state index in [2.05, 4.69) is 4.72 Å². The van der Waals surface area contributed by atoms with Gasteiger partial charge in [-0.15, -0.1) is 0 Å². The van der Waals surface area contributed by atoms with Crippen molar-refractivity contribution in [2.75, 3.05) is 19.7 Å². The Morgan fingerprint density at radius 2 is 1.81 bits per heavy atom. The summed E-state index contributed by atoms with van der Waals surface area (Å²) in [6.45, 7) is 4.75. The van der Waals surface area contributed by atoms with Gasteiger partial charge in [-0.1, -0.05) is 6.42 Å². The van der Waals surface area contributed by atoms with Crippen LogP contribution in [0.25, 0.3) is 0 Å². The molecule has 16 heavy (non-hydrogen) atoms. The van der Waals surface area contributed by atoms with Crippen LogP contribution in [0.1, 0.15) is 39.5 Å². The van der Waals surface area contributed by atoms with E-state index in [9.17, 15) is 8.42 Å². The number of nitrogens with one attached hydrogen (secondary N) is 1. The summed E-state index contributed by atoms with van der Waals surface area (Å²) in [5, 5.41) is 8.86. The molecule has 0 aliphatic carbocycles. The minimum absolute atomic E-state index is 0.0183. The van der Waals surface area contributed by atoms with Crippen molar-refractivity contribution in [3.05, 3.63) is 0 Å². The van der Waals surface area contributed by atoms with Gasteiger partial charge in [0.1, 0.15) is 0 Å². The number of rotatable bonds is 5. The second kappa shape index (κ2) is 5.44. The van der Waals surface area contributed by atoms with Crippen LogP contribution in [0.5, 0.6) is 0 Å². The zero-order valence-corrected chi connectivity index (χ0v) is 10.9. The van der Waals surface area contributed by atoms with Crippen molar-refractivity contribution in [3.8, 4) is 0 Å². The van der Waals surface area contributed by atoms with E-state index in [0.29, 0.717) is 19.5 Å². The van der Waals surface area contributed by atoms with Crippen molar-refractivity contribution >= 4 is 10.2 Å². The maximum atomic E-state index is 12.0. The minimum atomic E-state index is -3.39. The van der Waals surface area contributed by atoms with Gasteiger partial charge in [-0.05, 0) is 33.1 Å². The van der Waals surface area contributed by atoms with Gasteiger partial charge in [-0.25, -0.2) is 0 Å². The Morgan fingerprint density at radius 3 is 2.31 bits per heavy atom. The zero-order valence-electron chi connectivity index (χ0n) is 10.1. The molecule has 1 heterocycles. The summed E-state index contributed by atoms with van der Waals surface area (Å²) in [5.74, 6) is 0. The van der Waals surface area contributed by atoms with E-state index in [-0.39, 0.29) is 6.61 Å². The summed E-state index contributed by atoms with van der Waals surface area (Å²) < 4.78 is 28.2. The zero-order chi connectivity index (χ0) is 12.2. The lowest BCUT2D eigenvalue weighted by atomic mass is 10.0. The lowest BCUT2D eigenvalue weighted by molar-refractivity contribution is 0.242. The lowest BCUT2D eigenvalue weighted by Gasteiger charge is -2.31. The molecule has 1 fully saturated rings. The van der Waals surface area contributed by atoms with E-state index in [1.54, 1.807) is 13.8 Å². The fourth-order valence-corrected chi connectivity index (χ4v) is 3.52. The van der Waals surface area contributed by atoms with E-state index in [4.69, 9.17) is 5.11 Å². The predicted molar refractivity (Wildman–Crippen MR) is 63.3 cm³/mol. The highest BCUT2D eigenvalue weighted by atomic mass is 32.2. The van der Waals surface area contributed by atoms with Crippen LogP contribution in [-0.2, 0) is 10.2 Å². The summed E-state index contributed by atoms with van der Waals surface area (Å²) in [4.78, 5) is 0. The average molecular weight is 250 g/mol. The maximum absolute atomic E-state index is 12.0. The topological polar surface area (TPSA) is 69.6 Å². The molecule has 1 saturated heterocycles. The molecule has 6 heteroatoms. The molecule has 5 nitrogen and oxygen atoms in total. The van der Waals surface area contributed by atoms with Crippen LogP contribution in [0.4, 0.5) is 0 Å². The summed E-state index contributed by atoms with van der Waals surface area (Å²) in [7, 11) is -3.39. The third-order valence-electron chi connectivity index (χ3n) is 2.80. The Balaban J connectivity index is 2.63. The first kappa shape index (κ1) is 13.9. The average Bonchev–Trinajstić information content (AvgIpc) is 2.17. The molecular formula is C10H22N2O3S. The second-order valence-corrected chi connectivity index (χ2v) is 6.59. The molecule has 1 rings (SSSR count). The van der Waals surface area contributed by atoms with Gasteiger partial charge in [0.25, 0.3) is 10.2 Å². The van der Waals surface area contributed by atoms with E-state index in [1.165, 1.54) is 4.31 Å². The maximum Gasteiger partial charge on any atom is 0.279 e. The Hall–Kier alpha value is -0.170. The summed E-state index contributed by atoms with van der Waals surface area (Å²) in [6, 6.07) is 0. The molecule has 96 valence electrons. The molecule has 0 spiro atoms. The van der Waals surface area contributed by atoms with Crippen molar-refractivity contribution in [2.45, 2.75) is 45.1 Å². The fraction of sp³-hybridized carbons (Fsp3) is 1.00. The smallest absolute Gasteiger partial charge is 0.279 e. The highest BCUT2D eigenvalue weighted by Gasteiger charge is 2.30. The van der Waals surface area contributed by atoms with Gasteiger partial charge in [0.2, 0.25) is 0 Å². The third kappa shape index (κ3) is 4.01. The quantitative estimate of drug-likeness (QED) is 0.745. The van der Waals surface area contributed by atoms with Gasteiger partial charge in [0, 0.05) is 25.2 Å². The molecule has 0 aromatic heterocycles. The first-order valence-corrected chi connectivity index (χ1v) is 7.21. The Labute approximate surface area is 98.0 Å². The third-order valence-corrected chi connectivity index (χ3v) is 4.65. The SMILES string of the molecule is CC(C)(CCO)NS(=O)(=O)N1CCCCC1. The Kier molecular flexibility index (Phi) is 4.73. The minimum Gasteiger partial charge on any atom is -0.396 e. The summed E-state index contributed by atoms with van der Waals surface area (Å²) in [5.41, 5.74) is -0.592. The molecule has 0 aromatic carbocycles. The van der Waals surface area contributed by atoms with Crippen molar-refractivity contribution in [1.29, 1.82) is 0 Å². The van der Waals surface area contributed by atoms with Crippen LogP contribution in [0.3, 0.4) is 0 Å². The van der Waals surface area contributed by atoms with Crippen LogP contribution < -0.4 is 4.72 Å². The number of hydrogen-bond donors (Lipinski definition) is 2. The Morgan fingerprint density at radius 1 is 1.25 bits per heavy atom. The first-order valence-electron chi connectivity index (χ1n) is 5.77. The van der Waals surface area contributed by atoms with E-state index in [1.807, 2.05) is 0 Å². The van der Waals surface area contributed by atoms with Crippen LogP contribution >= 0.6 is 0 Å². The fourth-order valence-electron chi connectivity index (χ4n) is 1.85. The molecule has 0 aromatic rings. The van der Waals surface area contributed by atoms with E-state index >= 15 is 0 Å². The van der Waals surface area contributed by atoms with Crippen LogP contribution in [0, 0.1) is 0 Å². The molecule has 0 radical (unpaired) electrons. The monoisotopic (exact) mass is 250 g/mol. The van der Waals surface area contributed by atoms with Crippen molar-refractivity contribution < 1.29 is 13.5 Å². The molecular weight excluding hydrogens is 228 g/mol. The number of piperidine rings is 1. The highest BCUT2D eigenvalue weighted by molar-refractivity contribution is 7.87. The lowest BCUT2D eigenvalue weighted by Crippen LogP contribution is -2.51. The summed E-state index contributed by atoms with van der Waals surface area (Å²) >= 11 is 0. The number of aliphatic hydroxyl groups is 1. The van der Waals surface area contributed by atoms with Crippen molar-refractivity contribution in [2.24, 2.45) is 0 Å². The van der Waals surface area contributed by atoms with Gasteiger partial charge in [-0.2, -0.15) is 17.4 Å². The molecule has 0 atom stereocenters. The van der Waals surface area contributed by atoms with Crippen LogP contribution in [-0.4, -0.2) is 43.1 Å². The molecule has 0 amide bonds. The van der Waals surface area contributed by atoms with Gasteiger partial charge in [-0.3, -0.25) is 0 Å². The van der Waals surface area contributed by atoms with Crippen molar-refractivity contribution in [3.63, 3.8) is 0 Å². The van der Waals surface area contributed by atoms with E-state index in [0.717, 1.165) is 19.3 Å². The van der Waals surface area contributed by atoms with Crippen molar-refractivity contribution in [1.82, 2.24) is 9.03 Å². The second-order valence-electron chi connectivity index (χ2n) is 4.92. The molecule has 0 saturated carbocycles. The molecule has 0 bridgehead atoms. The normalized spacial score (nSPS) is 19.9. The van der Waals surface area contributed by atoms with Gasteiger partial charge in [0.05, 0.1) is 0 Å². The Bertz CT molecular complexity index is 308.